The normalized spacial score (nSPS) is 12.0. The average Bonchev–Trinajstić information content (AvgIpc) is 3.47. The van der Waals surface area contributed by atoms with Crippen molar-refractivity contribution in [3.05, 3.63) is 126 Å². The van der Waals surface area contributed by atoms with Crippen LogP contribution >= 0.6 is 0 Å². The van der Waals surface area contributed by atoms with Crippen LogP contribution < -0.4 is 11.1 Å². The Labute approximate surface area is 255 Å². The third-order valence-corrected chi connectivity index (χ3v) is 7.24. The van der Waals surface area contributed by atoms with Crippen molar-refractivity contribution in [2.24, 2.45) is 5.73 Å². The molecule has 9 heteroatoms. The van der Waals surface area contributed by atoms with Crippen molar-refractivity contribution in [1.82, 2.24) is 20.1 Å². The zero-order valence-corrected chi connectivity index (χ0v) is 24.7. The summed E-state index contributed by atoms with van der Waals surface area (Å²) in [6, 6.07) is 24.8. The van der Waals surface area contributed by atoms with Crippen molar-refractivity contribution in [3.63, 3.8) is 0 Å². The Kier molecular flexibility index (Phi) is 8.50. The molecule has 2 heterocycles. The first kappa shape index (κ1) is 30.1. The van der Waals surface area contributed by atoms with Gasteiger partial charge in [-0.3, -0.25) is 24.7 Å². The minimum absolute atomic E-state index is 0.0657. The second-order valence-electron chi connectivity index (χ2n) is 11.6. The van der Waals surface area contributed by atoms with Crippen molar-refractivity contribution < 1.29 is 19.5 Å². The highest BCUT2D eigenvalue weighted by Crippen LogP contribution is 2.28. The van der Waals surface area contributed by atoms with Gasteiger partial charge in [0.2, 0.25) is 5.91 Å². The van der Waals surface area contributed by atoms with Crippen LogP contribution in [0.25, 0.3) is 22.5 Å². The van der Waals surface area contributed by atoms with Crippen LogP contribution in [-0.2, 0) is 16.6 Å². The zero-order chi connectivity index (χ0) is 31.4. The highest BCUT2D eigenvalue weighted by Gasteiger charge is 2.22. The molecule has 1 atom stereocenters. The predicted octanol–water partition coefficient (Wildman–Crippen LogP) is 5.13. The Balaban J connectivity index is 1.43. The van der Waals surface area contributed by atoms with Crippen molar-refractivity contribution in [2.75, 3.05) is 0 Å². The molecule has 3 aromatic carbocycles. The number of benzene rings is 3. The molecule has 5 aromatic rings. The fourth-order valence-corrected chi connectivity index (χ4v) is 4.71. The monoisotopic (exact) mass is 587 g/mol. The Bertz CT molecular complexity index is 1810. The summed E-state index contributed by atoms with van der Waals surface area (Å²) in [6.07, 6.45) is 3.51. The molecular weight excluding hydrogens is 554 g/mol. The van der Waals surface area contributed by atoms with E-state index in [4.69, 9.17) is 5.73 Å². The van der Waals surface area contributed by atoms with Crippen LogP contribution in [0.2, 0.25) is 0 Å². The van der Waals surface area contributed by atoms with Crippen LogP contribution in [0.4, 0.5) is 0 Å². The number of pyridine rings is 1. The molecule has 0 aliphatic heterocycles. The molecule has 0 aliphatic rings. The standard InChI is InChI=1S/C35H33N5O4/c1-35(2,3)27-13-11-23(12-14-27)34(44)40-31(20-30(39-40)26-8-5-17-37-21-26)24-6-4-7-25(19-24)32(42)38-33(43)29(36)18-22-9-15-28(41)16-10-22/h4-17,19-21,29,41H,18,36H2,1-3H3,(H,38,42,43)/t29-/m0/s1. The van der Waals surface area contributed by atoms with Gasteiger partial charge in [-0.05, 0) is 77.6 Å². The summed E-state index contributed by atoms with van der Waals surface area (Å²) in [5.41, 5.74) is 10.8. The SMILES string of the molecule is CC(C)(C)c1ccc(C(=O)n2nc(-c3cccnc3)cc2-c2cccc(C(=O)NC(=O)[C@@H](N)Cc3ccc(O)cc3)c2)cc1. The Hall–Kier alpha value is -5.41. The fraction of sp³-hybridized carbons (Fsp3) is 0.171. The van der Waals surface area contributed by atoms with E-state index in [1.165, 1.54) is 16.8 Å². The molecular formula is C35H33N5O4. The van der Waals surface area contributed by atoms with Gasteiger partial charge in [-0.15, -0.1) is 0 Å². The van der Waals surface area contributed by atoms with Gasteiger partial charge in [0, 0.05) is 34.6 Å². The largest absolute Gasteiger partial charge is 0.508 e. The van der Waals surface area contributed by atoms with Crippen LogP contribution in [0.15, 0.2) is 103 Å². The number of phenols is 1. The molecule has 2 aromatic heterocycles. The lowest BCUT2D eigenvalue weighted by molar-refractivity contribution is -0.121. The molecule has 44 heavy (non-hydrogen) atoms. The summed E-state index contributed by atoms with van der Waals surface area (Å²) in [4.78, 5) is 43.8. The summed E-state index contributed by atoms with van der Waals surface area (Å²) in [6.45, 7) is 6.32. The molecule has 9 nitrogen and oxygen atoms in total. The van der Waals surface area contributed by atoms with Crippen LogP contribution in [0.1, 0.15) is 52.6 Å². The van der Waals surface area contributed by atoms with E-state index < -0.39 is 17.9 Å². The van der Waals surface area contributed by atoms with E-state index in [0.29, 0.717) is 22.5 Å². The Morgan fingerprint density at radius 1 is 0.886 bits per heavy atom. The van der Waals surface area contributed by atoms with Crippen LogP contribution in [0.5, 0.6) is 5.75 Å². The van der Waals surface area contributed by atoms with Gasteiger partial charge >= 0.3 is 0 Å². The van der Waals surface area contributed by atoms with Crippen molar-refractivity contribution in [2.45, 2.75) is 38.6 Å². The van der Waals surface area contributed by atoms with E-state index in [9.17, 15) is 19.5 Å². The van der Waals surface area contributed by atoms with E-state index in [2.05, 4.69) is 36.2 Å². The molecule has 0 radical (unpaired) electrons. The Morgan fingerprint density at radius 3 is 2.25 bits per heavy atom. The number of rotatable bonds is 7. The van der Waals surface area contributed by atoms with E-state index in [-0.39, 0.29) is 29.1 Å². The first-order valence-corrected chi connectivity index (χ1v) is 14.1. The molecule has 2 amide bonds. The number of carbonyl (C=O) groups excluding carboxylic acids is 3. The van der Waals surface area contributed by atoms with E-state index >= 15 is 0 Å². The highest BCUT2D eigenvalue weighted by molar-refractivity contribution is 6.06. The number of amides is 2. The number of aromatic nitrogens is 3. The molecule has 5 rings (SSSR count). The second kappa shape index (κ2) is 12.4. The molecule has 0 spiro atoms. The molecule has 0 bridgehead atoms. The number of hydrogen-bond donors (Lipinski definition) is 3. The molecule has 4 N–H and O–H groups in total. The summed E-state index contributed by atoms with van der Waals surface area (Å²) >= 11 is 0. The topological polar surface area (TPSA) is 140 Å². The van der Waals surface area contributed by atoms with Crippen LogP contribution in [0.3, 0.4) is 0 Å². The maximum atomic E-state index is 13.8. The fourth-order valence-electron chi connectivity index (χ4n) is 4.71. The Morgan fingerprint density at radius 2 is 1.59 bits per heavy atom. The molecule has 0 aliphatic carbocycles. The van der Waals surface area contributed by atoms with Gasteiger partial charge in [0.25, 0.3) is 11.8 Å². The van der Waals surface area contributed by atoms with Crippen LogP contribution in [-0.4, -0.2) is 43.6 Å². The number of imide groups is 1. The first-order valence-electron chi connectivity index (χ1n) is 14.1. The summed E-state index contributed by atoms with van der Waals surface area (Å²) < 4.78 is 1.32. The van der Waals surface area contributed by atoms with E-state index in [0.717, 1.165) is 16.7 Å². The summed E-state index contributed by atoms with van der Waals surface area (Å²) in [7, 11) is 0. The van der Waals surface area contributed by atoms with E-state index in [1.54, 1.807) is 73.1 Å². The number of carbonyl (C=O) groups is 3. The molecule has 0 unspecified atom stereocenters. The van der Waals surface area contributed by atoms with Gasteiger partial charge < -0.3 is 10.8 Å². The first-order chi connectivity index (χ1) is 21.0. The molecule has 0 saturated carbocycles. The van der Waals surface area contributed by atoms with Gasteiger partial charge in [-0.2, -0.15) is 9.78 Å². The number of hydrogen-bond acceptors (Lipinski definition) is 7. The van der Waals surface area contributed by atoms with Gasteiger partial charge in [-0.25, -0.2) is 0 Å². The number of phenolic OH excluding ortho intramolecular Hbond substituents is 1. The van der Waals surface area contributed by atoms with Crippen LogP contribution in [0, 0.1) is 0 Å². The number of aromatic hydroxyl groups is 1. The summed E-state index contributed by atoms with van der Waals surface area (Å²) in [5, 5.41) is 16.5. The van der Waals surface area contributed by atoms with Gasteiger partial charge in [0.1, 0.15) is 5.75 Å². The second-order valence-corrected chi connectivity index (χ2v) is 11.6. The van der Waals surface area contributed by atoms with Gasteiger partial charge in [-0.1, -0.05) is 57.2 Å². The van der Waals surface area contributed by atoms with Crippen molar-refractivity contribution in [1.29, 1.82) is 0 Å². The quantitative estimate of drug-likeness (QED) is 0.240. The lowest BCUT2D eigenvalue weighted by atomic mass is 9.87. The molecule has 0 saturated heterocycles. The highest BCUT2D eigenvalue weighted by atomic mass is 16.3. The third kappa shape index (κ3) is 6.79. The predicted molar refractivity (Wildman–Crippen MR) is 168 cm³/mol. The smallest absolute Gasteiger partial charge is 0.278 e. The molecule has 222 valence electrons. The minimum Gasteiger partial charge on any atom is -0.508 e. The lowest BCUT2D eigenvalue weighted by Crippen LogP contribution is -2.44. The number of nitrogens with two attached hydrogens (primary N) is 1. The van der Waals surface area contributed by atoms with Gasteiger partial charge in [0.05, 0.1) is 17.4 Å². The average molecular weight is 588 g/mol. The maximum Gasteiger partial charge on any atom is 0.278 e. The minimum atomic E-state index is -0.975. The third-order valence-electron chi connectivity index (χ3n) is 7.24. The van der Waals surface area contributed by atoms with Crippen molar-refractivity contribution >= 4 is 17.7 Å². The van der Waals surface area contributed by atoms with Crippen molar-refractivity contribution in [3.8, 4) is 28.3 Å². The zero-order valence-electron chi connectivity index (χ0n) is 24.7. The lowest BCUT2D eigenvalue weighted by Gasteiger charge is -2.19. The van der Waals surface area contributed by atoms with E-state index in [1.807, 2.05) is 18.2 Å². The van der Waals surface area contributed by atoms with Gasteiger partial charge in [0.15, 0.2) is 0 Å². The maximum absolute atomic E-state index is 13.8. The number of nitrogens with zero attached hydrogens (tertiary/aromatic N) is 3. The molecule has 0 fully saturated rings. The number of nitrogens with one attached hydrogen (secondary N) is 1. The summed E-state index contributed by atoms with van der Waals surface area (Å²) in [5.74, 6) is -1.48.